The summed E-state index contributed by atoms with van der Waals surface area (Å²) in [5.74, 6) is 0.754. The third-order valence-electron chi connectivity index (χ3n) is 4.53. The monoisotopic (exact) mass is 483 g/mol. The number of carbonyl (C=O) groups is 2. The van der Waals surface area contributed by atoms with E-state index in [1.807, 2.05) is 6.92 Å². The van der Waals surface area contributed by atoms with Crippen LogP contribution in [0, 0.1) is 11.8 Å². The number of guanidine groups is 1. The van der Waals surface area contributed by atoms with Crippen molar-refractivity contribution >= 4 is 41.9 Å². The van der Waals surface area contributed by atoms with E-state index in [0.29, 0.717) is 13.0 Å². The van der Waals surface area contributed by atoms with Crippen LogP contribution in [-0.4, -0.2) is 63.2 Å². The molecule has 8 heteroatoms. The summed E-state index contributed by atoms with van der Waals surface area (Å²) in [6.07, 6.45) is 4.39. The highest BCUT2D eigenvalue weighted by Crippen LogP contribution is 2.24. The number of aliphatic imine (C=N–C) groups is 1. The van der Waals surface area contributed by atoms with E-state index in [0.717, 1.165) is 51.3 Å². The van der Waals surface area contributed by atoms with Crippen LogP contribution in [0.3, 0.4) is 0 Å². The van der Waals surface area contributed by atoms with Gasteiger partial charge in [0, 0.05) is 32.6 Å². The Labute approximate surface area is 174 Å². The third-order valence-corrected chi connectivity index (χ3v) is 4.53. The number of likely N-dealkylation sites (tertiary alicyclic amines) is 1. The Bertz CT molecular complexity index is 460. The van der Waals surface area contributed by atoms with E-state index < -0.39 is 0 Å². The summed E-state index contributed by atoms with van der Waals surface area (Å²) < 4.78 is 9.52. The van der Waals surface area contributed by atoms with Crippen molar-refractivity contribution in [3.63, 3.8) is 0 Å². The lowest BCUT2D eigenvalue weighted by atomic mass is 9.99. The number of hydrogen-bond donors (Lipinski definition) is 1. The van der Waals surface area contributed by atoms with E-state index in [9.17, 15) is 9.59 Å². The van der Waals surface area contributed by atoms with Crippen LogP contribution >= 0.6 is 24.0 Å². The number of methoxy groups -OCH3 is 2. The molecule has 0 radical (unpaired) electrons. The Morgan fingerprint density at radius 1 is 1.12 bits per heavy atom. The van der Waals surface area contributed by atoms with Crippen LogP contribution in [0.2, 0.25) is 0 Å². The molecule has 0 bridgehead atoms. The highest BCUT2D eigenvalue weighted by molar-refractivity contribution is 14.0. The van der Waals surface area contributed by atoms with Crippen LogP contribution in [0.5, 0.6) is 0 Å². The van der Waals surface area contributed by atoms with E-state index in [1.165, 1.54) is 14.2 Å². The van der Waals surface area contributed by atoms with Crippen molar-refractivity contribution in [2.75, 3.05) is 40.4 Å². The molecule has 0 aromatic heterocycles. The van der Waals surface area contributed by atoms with Gasteiger partial charge in [-0.15, -0.1) is 24.0 Å². The summed E-state index contributed by atoms with van der Waals surface area (Å²) >= 11 is 0. The first-order valence-electron chi connectivity index (χ1n) is 9.21. The molecule has 0 saturated carbocycles. The Morgan fingerprint density at radius 3 is 2.42 bits per heavy atom. The summed E-state index contributed by atoms with van der Waals surface area (Å²) in [7, 11) is 2.86. The Balaban J connectivity index is 0.00000625. The SMILES string of the molecule is CCNC(=NCCCCCCC(=O)OC)N1CC(C)C(C(=O)OC)C1.I. The molecule has 0 aromatic rings. The average Bonchev–Trinajstić information content (AvgIpc) is 3.00. The zero-order valence-corrected chi connectivity index (χ0v) is 18.8. The number of nitrogens with zero attached hydrogens (tertiary/aromatic N) is 2. The van der Waals surface area contributed by atoms with Crippen molar-refractivity contribution < 1.29 is 19.1 Å². The molecule has 2 unspecified atom stereocenters. The second kappa shape index (κ2) is 14.1. The predicted molar refractivity (Wildman–Crippen MR) is 113 cm³/mol. The maximum atomic E-state index is 11.8. The third kappa shape index (κ3) is 8.55. The lowest BCUT2D eigenvalue weighted by Crippen LogP contribution is -2.40. The molecule has 2 atom stereocenters. The molecule has 1 heterocycles. The molecule has 1 N–H and O–H groups in total. The first-order valence-corrected chi connectivity index (χ1v) is 9.21. The van der Waals surface area contributed by atoms with Gasteiger partial charge in [-0.25, -0.2) is 0 Å². The fraction of sp³-hybridized carbons (Fsp3) is 0.833. The molecule has 26 heavy (non-hydrogen) atoms. The van der Waals surface area contributed by atoms with Gasteiger partial charge in [0.25, 0.3) is 0 Å². The van der Waals surface area contributed by atoms with Crippen LogP contribution in [-0.2, 0) is 19.1 Å². The lowest BCUT2D eigenvalue weighted by Gasteiger charge is -2.21. The number of ether oxygens (including phenoxy) is 2. The topological polar surface area (TPSA) is 80.2 Å². The van der Waals surface area contributed by atoms with Gasteiger partial charge in [0.15, 0.2) is 5.96 Å². The van der Waals surface area contributed by atoms with Gasteiger partial charge in [-0.05, 0) is 25.7 Å². The van der Waals surface area contributed by atoms with Crippen molar-refractivity contribution in [2.24, 2.45) is 16.8 Å². The van der Waals surface area contributed by atoms with Crippen molar-refractivity contribution in [3.05, 3.63) is 0 Å². The highest BCUT2D eigenvalue weighted by Gasteiger charge is 2.36. The zero-order valence-electron chi connectivity index (χ0n) is 16.5. The van der Waals surface area contributed by atoms with Gasteiger partial charge in [0.2, 0.25) is 0 Å². The molecule has 7 nitrogen and oxygen atoms in total. The van der Waals surface area contributed by atoms with Gasteiger partial charge >= 0.3 is 11.9 Å². The zero-order chi connectivity index (χ0) is 18.7. The van der Waals surface area contributed by atoms with E-state index >= 15 is 0 Å². The highest BCUT2D eigenvalue weighted by atomic mass is 127. The Morgan fingerprint density at radius 2 is 1.81 bits per heavy atom. The fourth-order valence-corrected chi connectivity index (χ4v) is 3.05. The number of hydrogen-bond acceptors (Lipinski definition) is 5. The molecule has 0 aliphatic carbocycles. The van der Waals surface area contributed by atoms with Crippen LogP contribution in [0.1, 0.15) is 46.0 Å². The Kier molecular flexibility index (Phi) is 13.5. The number of rotatable bonds is 9. The summed E-state index contributed by atoms with van der Waals surface area (Å²) in [4.78, 5) is 29.7. The molecular formula is C18H34IN3O4. The molecule has 1 saturated heterocycles. The molecule has 0 aromatic carbocycles. The number of unbranched alkanes of at least 4 members (excludes halogenated alkanes) is 3. The fourth-order valence-electron chi connectivity index (χ4n) is 3.05. The van der Waals surface area contributed by atoms with Gasteiger partial charge in [-0.1, -0.05) is 19.8 Å². The van der Waals surface area contributed by atoms with Crippen molar-refractivity contribution in [3.8, 4) is 0 Å². The van der Waals surface area contributed by atoms with E-state index in [1.54, 1.807) is 0 Å². The van der Waals surface area contributed by atoms with Gasteiger partial charge in [0.05, 0.1) is 20.1 Å². The molecule has 0 amide bonds. The van der Waals surface area contributed by atoms with Crippen LogP contribution in [0.4, 0.5) is 0 Å². The molecular weight excluding hydrogens is 449 g/mol. The number of carbonyl (C=O) groups excluding carboxylic acids is 2. The number of esters is 2. The first kappa shape index (κ1) is 24.9. The maximum Gasteiger partial charge on any atom is 0.310 e. The summed E-state index contributed by atoms with van der Waals surface area (Å²) in [6, 6.07) is 0. The summed E-state index contributed by atoms with van der Waals surface area (Å²) in [5, 5.41) is 3.31. The molecule has 1 aliphatic rings. The number of nitrogens with one attached hydrogen (secondary N) is 1. The molecule has 1 aliphatic heterocycles. The molecule has 0 spiro atoms. The quantitative estimate of drug-likeness (QED) is 0.179. The van der Waals surface area contributed by atoms with Gasteiger partial charge in [-0.2, -0.15) is 0 Å². The minimum absolute atomic E-state index is 0. The molecule has 1 rings (SSSR count). The summed E-state index contributed by atoms with van der Waals surface area (Å²) in [6.45, 7) is 7.12. The second-order valence-corrected chi connectivity index (χ2v) is 6.49. The van der Waals surface area contributed by atoms with E-state index in [4.69, 9.17) is 4.74 Å². The first-order chi connectivity index (χ1) is 12.0. The number of halogens is 1. The Hall–Kier alpha value is -1.06. The standard InChI is InChI=1S/C18H33N3O4.HI/c1-5-19-18(20-11-9-7-6-8-10-16(22)24-3)21-12-14(2)15(13-21)17(23)25-4;/h14-15H,5-13H2,1-4H3,(H,19,20);1H. The minimum Gasteiger partial charge on any atom is -0.469 e. The van der Waals surface area contributed by atoms with Gasteiger partial charge in [-0.3, -0.25) is 14.6 Å². The molecule has 152 valence electrons. The second-order valence-electron chi connectivity index (χ2n) is 6.49. The van der Waals surface area contributed by atoms with Gasteiger partial charge in [0.1, 0.15) is 0 Å². The van der Waals surface area contributed by atoms with Crippen molar-refractivity contribution in [1.82, 2.24) is 10.2 Å². The van der Waals surface area contributed by atoms with Crippen LogP contribution in [0.25, 0.3) is 0 Å². The smallest absolute Gasteiger partial charge is 0.310 e. The average molecular weight is 483 g/mol. The van der Waals surface area contributed by atoms with Crippen molar-refractivity contribution in [1.29, 1.82) is 0 Å². The maximum absolute atomic E-state index is 11.8. The summed E-state index contributed by atoms with van der Waals surface area (Å²) in [5.41, 5.74) is 0. The minimum atomic E-state index is -0.143. The van der Waals surface area contributed by atoms with E-state index in [2.05, 4.69) is 26.9 Å². The van der Waals surface area contributed by atoms with E-state index in [-0.39, 0.29) is 47.8 Å². The predicted octanol–water partition coefficient (Wildman–Crippen LogP) is 2.43. The van der Waals surface area contributed by atoms with Crippen LogP contribution < -0.4 is 5.32 Å². The molecule has 1 fully saturated rings. The van der Waals surface area contributed by atoms with Crippen LogP contribution in [0.15, 0.2) is 4.99 Å². The normalized spacial score (nSPS) is 19.7. The largest absolute Gasteiger partial charge is 0.469 e. The lowest BCUT2D eigenvalue weighted by molar-refractivity contribution is -0.146. The van der Waals surface area contributed by atoms with Gasteiger partial charge < -0.3 is 19.7 Å². The van der Waals surface area contributed by atoms with Crippen molar-refractivity contribution in [2.45, 2.75) is 46.0 Å².